The predicted octanol–water partition coefficient (Wildman–Crippen LogP) is 3.13. The maximum absolute atomic E-state index is 12.1. The van der Waals surface area contributed by atoms with Crippen LogP contribution in [0.1, 0.15) is 44.5 Å². The Morgan fingerprint density at radius 2 is 1.84 bits per heavy atom. The van der Waals surface area contributed by atoms with Gasteiger partial charge in [0.25, 0.3) is 0 Å². The van der Waals surface area contributed by atoms with Gasteiger partial charge in [-0.05, 0) is 43.2 Å². The molecule has 0 aromatic heterocycles. The molecule has 6 nitrogen and oxygen atoms in total. The van der Waals surface area contributed by atoms with E-state index >= 15 is 0 Å². The first kappa shape index (κ1) is 20.9. The van der Waals surface area contributed by atoms with E-state index in [9.17, 15) is 14.7 Å². The topological polar surface area (TPSA) is 84.9 Å². The highest BCUT2D eigenvalue weighted by Gasteiger charge is 2.25. The molecule has 1 aromatic rings. The molecule has 0 bridgehead atoms. The minimum atomic E-state index is -1.06. The van der Waals surface area contributed by atoms with Crippen molar-refractivity contribution >= 4 is 17.6 Å². The van der Waals surface area contributed by atoms with Crippen LogP contribution in [0.4, 0.5) is 5.69 Å². The number of aliphatic hydroxyl groups excluding tert-OH is 1. The first-order valence-electron chi connectivity index (χ1n) is 8.21. The smallest absolute Gasteiger partial charge is 0.338 e. The van der Waals surface area contributed by atoms with Crippen LogP contribution < -0.4 is 5.32 Å². The fraction of sp³-hybridized carbons (Fsp3) is 0.474. The molecule has 25 heavy (non-hydrogen) atoms. The number of amides is 1. The van der Waals surface area contributed by atoms with E-state index in [-0.39, 0.29) is 19.1 Å². The molecule has 2 N–H and O–H groups in total. The lowest BCUT2D eigenvalue weighted by Gasteiger charge is -2.21. The van der Waals surface area contributed by atoms with E-state index in [1.165, 1.54) is 0 Å². The number of aliphatic hydroxyl groups is 1. The van der Waals surface area contributed by atoms with Crippen molar-refractivity contribution in [3.05, 3.63) is 42.0 Å². The van der Waals surface area contributed by atoms with Gasteiger partial charge in [0.05, 0.1) is 12.2 Å². The van der Waals surface area contributed by atoms with Gasteiger partial charge in [0.2, 0.25) is 5.91 Å². The van der Waals surface area contributed by atoms with Crippen molar-refractivity contribution in [3.63, 3.8) is 0 Å². The summed E-state index contributed by atoms with van der Waals surface area (Å²) in [5.74, 6) is -0.571. The molecular formula is C19H27NO5. The summed E-state index contributed by atoms with van der Waals surface area (Å²) in [4.78, 5) is 24.0. The number of carbonyl (C=O) groups is 2. The van der Waals surface area contributed by atoms with Crippen molar-refractivity contribution in [2.24, 2.45) is 5.41 Å². The summed E-state index contributed by atoms with van der Waals surface area (Å²) in [7, 11) is 0. The Morgan fingerprint density at radius 1 is 1.24 bits per heavy atom. The zero-order chi connectivity index (χ0) is 19.0. The molecule has 0 saturated carbocycles. The van der Waals surface area contributed by atoms with Gasteiger partial charge in [-0.15, -0.1) is 0 Å². The number of hydrogen-bond donors (Lipinski definition) is 2. The molecule has 0 spiro atoms. The lowest BCUT2D eigenvalue weighted by atomic mass is 9.89. The van der Waals surface area contributed by atoms with Crippen LogP contribution >= 0.6 is 0 Å². The molecule has 1 amide bonds. The fourth-order valence-electron chi connectivity index (χ4n) is 1.67. The molecule has 0 heterocycles. The van der Waals surface area contributed by atoms with Gasteiger partial charge in [0, 0.05) is 11.1 Å². The number of carbonyl (C=O) groups excluding carboxylic acids is 2. The third kappa shape index (κ3) is 6.68. The molecule has 0 aliphatic carbocycles. The molecule has 0 saturated heterocycles. The fourth-order valence-corrected chi connectivity index (χ4v) is 1.67. The number of hydrogen-bond acceptors (Lipinski definition) is 5. The van der Waals surface area contributed by atoms with Crippen LogP contribution in [0.2, 0.25) is 0 Å². The van der Waals surface area contributed by atoms with E-state index in [0.29, 0.717) is 16.8 Å². The molecular weight excluding hydrogens is 322 g/mol. The Hall–Kier alpha value is -2.18. The van der Waals surface area contributed by atoms with Crippen molar-refractivity contribution in [1.29, 1.82) is 0 Å². The van der Waals surface area contributed by atoms with Gasteiger partial charge in [0.1, 0.15) is 6.61 Å². The second-order valence-electron chi connectivity index (χ2n) is 6.47. The van der Waals surface area contributed by atoms with Gasteiger partial charge in [-0.2, -0.15) is 0 Å². The molecule has 0 radical (unpaired) electrons. The summed E-state index contributed by atoms with van der Waals surface area (Å²) >= 11 is 0. The molecule has 1 atom stereocenters. The Kier molecular flexibility index (Phi) is 7.80. The van der Waals surface area contributed by atoms with Crippen LogP contribution in [0.25, 0.3) is 0 Å². The van der Waals surface area contributed by atoms with Gasteiger partial charge >= 0.3 is 5.97 Å². The second kappa shape index (κ2) is 9.34. The average molecular weight is 349 g/mol. The number of nitrogens with one attached hydrogen (secondary N) is 1. The van der Waals surface area contributed by atoms with Crippen LogP contribution in [0.3, 0.4) is 0 Å². The van der Waals surface area contributed by atoms with Gasteiger partial charge in [-0.3, -0.25) is 4.79 Å². The van der Waals surface area contributed by atoms with Crippen LogP contribution in [0.5, 0.6) is 0 Å². The molecule has 0 aliphatic rings. The number of esters is 1. The monoisotopic (exact) mass is 349 g/mol. The maximum Gasteiger partial charge on any atom is 0.338 e. The van der Waals surface area contributed by atoms with Crippen molar-refractivity contribution in [2.75, 3.05) is 18.5 Å². The van der Waals surface area contributed by atoms with Crippen molar-refractivity contribution in [1.82, 2.24) is 0 Å². The van der Waals surface area contributed by atoms with E-state index in [4.69, 9.17) is 9.47 Å². The first-order valence-corrected chi connectivity index (χ1v) is 8.21. The summed E-state index contributed by atoms with van der Waals surface area (Å²) in [6, 6.07) is 6.48. The summed E-state index contributed by atoms with van der Waals surface area (Å²) in [5.41, 5.74) is 1.02. The maximum atomic E-state index is 12.1. The Bertz CT molecular complexity index is 607. The van der Waals surface area contributed by atoms with Crippen molar-refractivity contribution in [3.8, 4) is 0 Å². The van der Waals surface area contributed by atoms with Crippen molar-refractivity contribution < 1.29 is 24.2 Å². The Balaban J connectivity index is 2.49. The number of benzene rings is 1. The normalized spacial score (nSPS) is 12.4. The minimum absolute atomic E-state index is 0.0202. The SMILES string of the molecule is C=C(C)C(O)OCCOC(=O)c1ccc(NC(=O)C(C)(C)CC)cc1. The number of ether oxygens (including phenoxy) is 2. The van der Waals surface area contributed by atoms with Crippen molar-refractivity contribution in [2.45, 2.75) is 40.4 Å². The lowest BCUT2D eigenvalue weighted by Crippen LogP contribution is -2.29. The summed E-state index contributed by atoms with van der Waals surface area (Å²) in [6.07, 6.45) is -0.334. The first-order chi connectivity index (χ1) is 11.7. The standard InChI is InChI=1S/C19H27NO5/c1-6-19(4,5)18(23)20-15-9-7-14(8-10-15)17(22)25-12-11-24-16(21)13(2)3/h7-10,16,21H,2,6,11-12H2,1,3-5H3,(H,20,23). The third-order valence-corrected chi connectivity index (χ3v) is 3.89. The predicted molar refractivity (Wildman–Crippen MR) is 96.2 cm³/mol. The highest BCUT2D eigenvalue weighted by molar-refractivity contribution is 5.95. The quantitative estimate of drug-likeness (QED) is 0.310. The summed E-state index contributed by atoms with van der Waals surface area (Å²) in [6.45, 7) is 11.0. The zero-order valence-electron chi connectivity index (χ0n) is 15.3. The average Bonchev–Trinajstić information content (AvgIpc) is 2.58. The molecule has 138 valence electrons. The summed E-state index contributed by atoms with van der Waals surface area (Å²) < 4.78 is 10.1. The molecule has 1 unspecified atom stereocenters. The van der Waals surface area contributed by atoms with Crippen LogP contribution in [0, 0.1) is 5.41 Å². The van der Waals surface area contributed by atoms with E-state index < -0.39 is 17.7 Å². The number of rotatable bonds is 9. The van der Waals surface area contributed by atoms with Gasteiger partial charge < -0.3 is 19.9 Å². The Morgan fingerprint density at radius 3 is 2.36 bits per heavy atom. The molecule has 0 aliphatic heterocycles. The zero-order valence-corrected chi connectivity index (χ0v) is 15.3. The van der Waals surface area contributed by atoms with Crippen LogP contribution in [0.15, 0.2) is 36.4 Å². The van der Waals surface area contributed by atoms with Crippen LogP contribution in [-0.2, 0) is 14.3 Å². The largest absolute Gasteiger partial charge is 0.460 e. The van der Waals surface area contributed by atoms with Gasteiger partial charge in [0.15, 0.2) is 6.29 Å². The Labute approximate surface area is 148 Å². The molecule has 1 aromatic carbocycles. The summed E-state index contributed by atoms with van der Waals surface area (Å²) in [5, 5.41) is 12.2. The van der Waals surface area contributed by atoms with Gasteiger partial charge in [-0.1, -0.05) is 27.4 Å². The van der Waals surface area contributed by atoms with Gasteiger partial charge in [-0.25, -0.2) is 4.79 Å². The second-order valence-corrected chi connectivity index (χ2v) is 6.47. The van der Waals surface area contributed by atoms with Crippen LogP contribution in [-0.4, -0.2) is 36.5 Å². The van der Waals surface area contributed by atoms with E-state index in [1.54, 1.807) is 31.2 Å². The molecule has 0 fully saturated rings. The highest BCUT2D eigenvalue weighted by atomic mass is 16.6. The van der Waals surface area contributed by atoms with E-state index in [2.05, 4.69) is 11.9 Å². The van der Waals surface area contributed by atoms with E-state index in [0.717, 1.165) is 6.42 Å². The lowest BCUT2D eigenvalue weighted by molar-refractivity contribution is -0.124. The van der Waals surface area contributed by atoms with E-state index in [1.807, 2.05) is 20.8 Å². The highest BCUT2D eigenvalue weighted by Crippen LogP contribution is 2.22. The molecule has 6 heteroatoms. The minimum Gasteiger partial charge on any atom is -0.460 e. The number of anilines is 1. The third-order valence-electron chi connectivity index (χ3n) is 3.89. The molecule has 1 rings (SSSR count).